The summed E-state index contributed by atoms with van der Waals surface area (Å²) in [4.78, 5) is 8.35. The first kappa shape index (κ1) is 8.85. The Bertz CT molecular complexity index is 490. The molecule has 0 amide bonds. The Morgan fingerprint density at radius 3 is 3.00 bits per heavy atom. The number of nitrogens with zero attached hydrogens (tertiary/aromatic N) is 3. The van der Waals surface area contributed by atoms with Gasteiger partial charge in [0.05, 0.1) is 5.02 Å². The summed E-state index contributed by atoms with van der Waals surface area (Å²) in [6.45, 7) is 0. The van der Waals surface area contributed by atoms with Gasteiger partial charge in [0.15, 0.2) is 5.82 Å². The Hall–Kier alpha value is -1.42. The van der Waals surface area contributed by atoms with Crippen LogP contribution in [0.4, 0.5) is 0 Å². The van der Waals surface area contributed by atoms with Gasteiger partial charge in [-0.1, -0.05) is 11.6 Å². The lowest BCUT2D eigenvalue weighted by atomic mass is 10.2. The van der Waals surface area contributed by atoms with Crippen molar-refractivity contribution in [1.82, 2.24) is 20.2 Å². The molecular formula is C10H9ClN4. The summed E-state index contributed by atoms with van der Waals surface area (Å²) in [6, 6.07) is 1.82. The van der Waals surface area contributed by atoms with Crippen molar-refractivity contribution in [1.29, 1.82) is 0 Å². The third-order valence-electron chi connectivity index (χ3n) is 2.48. The van der Waals surface area contributed by atoms with Crippen LogP contribution in [0.1, 0.15) is 24.6 Å². The summed E-state index contributed by atoms with van der Waals surface area (Å²) in [7, 11) is 0. The third kappa shape index (κ3) is 1.61. The normalized spacial score (nSPS) is 15.5. The van der Waals surface area contributed by atoms with Crippen molar-refractivity contribution >= 4 is 11.6 Å². The fraction of sp³-hybridized carbons (Fsp3) is 0.300. The molecule has 4 nitrogen and oxygen atoms in total. The van der Waals surface area contributed by atoms with E-state index in [2.05, 4.69) is 20.2 Å². The summed E-state index contributed by atoms with van der Waals surface area (Å²) in [5, 5.41) is 7.70. The third-order valence-corrected chi connectivity index (χ3v) is 2.78. The number of halogens is 1. The van der Waals surface area contributed by atoms with E-state index in [9.17, 15) is 0 Å². The maximum absolute atomic E-state index is 6.01. The molecule has 5 heteroatoms. The summed E-state index contributed by atoms with van der Waals surface area (Å²) < 4.78 is 0. The number of rotatable bonds is 2. The largest absolute Gasteiger partial charge is 0.263 e. The van der Waals surface area contributed by atoms with Crippen LogP contribution in [0.3, 0.4) is 0 Å². The Morgan fingerprint density at radius 1 is 1.40 bits per heavy atom. The molecule has 0 aliphatic heterocycles. The van der Waals surface area contributed by atoms with Gasteiger partial charge in [0.2, 0.25) is 0 Å². The van der Waals surface area contributed by atoms with E-state index < -0.39 is 0 Å². The minimum atomic E-state index is 0.576. The van der Waals surface area contributed by atoms with E-state index in [0.29, 0.717) is 16.8 Å². The van der Waals surface area contributed by atoms with Crippen LogP contribution in [0.15, 0.2) is 18.5 Å². The quantitative estimate of drug-likeness (QED) is 0.846. The SMILES string of the molecule is Clc1cnccc1-c1n[nH]c(C2CC2)n1. The van der Waals surface area contributed by atoms with E-state index in [1.807, 2.05) is 6.07 Å². The standard InChI is InChI=1S/C10H9ClN4/c11-8-5-12-4-3-7(8)10-13-9(14-15-10)6-1-2-6/h3-6H,1-2H2,(H,13,14,15). The number of nitrogens with one attached hydrogen (secondary N) is 1. The predicted molar refractivity (Wildman–Crippen MR) is 56.6 cm³/mol. The average Bonchev–Trinajstić information content (AvgIpc) is 2.99. The first-order valence-corrected chi connectivity index (χ1v) is 5.24. The van der Waals surface area contributed by atoms with E-state index >= 15 is 0 Å². The lowest BCUT2D eigenvalue weighted by molar-refractivity contribution is 0.935. The van der Waals surface area contributed by atoms with E-state index in [0.717, 1.165) is 11.4 Å². The fourth-order valence-electron chi connectivity index (χ4n) is 1.49. The van der Waals surface area contributed by atoms with E-state index in [4.69, 9.17) is 11.6 Å². The Labute approximate surface area is 91.7 Å². The molecule has 0 radical (unpaired) electrons. The number of aromatic amines is 1. The van der Waals surface area contributed by atoms with Crippen LogP contribution in [0.25, 0.3) is 11.4 Å². The highest BCUT2D eigenvalue weighted by Crippen LogP contribution is 2.38. The molecule has 0 atom stereocenters. The van der Waals surface area contributed by atoms with Crippen LogP contribution in [0, 0.1) is 0 Å². The van der Waals surface area contributed by atoms with Crippen LogP contribution in [0.2, 0.25) is 5.02 Å². The minimum Gasteiger partial charge on any atom is -0.263 e. The molecule has 1 saturated carbocycles. The second-order valence-corrected chi connectivity index (χ2v) is 4.08. The van der Waals surface area contributed by atoms with Gasteiger partial charge >= 0.3 is 0 Å². The Morgan fingerprint density at radius 2 is 2.27 bits per heavy atom. The fourth-order valence-corrected chi connectivity index (χ4v) is 1.69. The van der Waals surface area contributed by atoms with Gasteiger partial charge in [0.1, 0.15) is 5.82 Å². The molecule has 1 fully saturated rings. The lowest BCUT2D eigenvalue weighted by Gasteiger charge is -1.96. The highest BCUT2D eigenvalue weighted by Gasteiger charge is 2.27. The van der Waals surface area contributed by atoms with Crippen molar-refractivity contribution < 1.29 is 0 Å². The molecule has 3 rings (SSSR count). The van der Waals surface area contributed by atoms with Crippen molar-refractivity contribution in [2.24, 2.45) is 0 Å². The number of pyridine rings is 1. The molecule has 0 saturated heterocycles. The van der Waals surface area contributed by atoms with E-state index in [-0.39, 0.29) is 0 Å². The summed E-state index contributed by atoms with van der Waals surface area (Å²) in [6.07, 6.45) is 5.70. The van der Waals surface area contributed by atoms with E-state index in [1.54, 1.807) is 12.4 Å². The molecule has 2 heterocycles. The number of aromatic nitrogens is 4. The van der Waals surface area contributed by atoms with Gasteiger partial charge in [-0.05, 0) is 18.9 Å². The van der Waals surface area contributed by atoms with Gasteiger partial charge in [0, 0.05) is 23.9 Å². The van der Waals surface area contributed by atoms with Gasteiger partial charge in [0.25, 0.3) is 0 Å². The first-order chi connectivity index (χ1) is 7.34. The zero-order valence-electron chi connectivity index (χ0n) is 7.94. The average molecular weight is 221 g/mol. The monoisotopic (exact) mass is 220 g/mol. The maximum atomic E-state index is 6.01. The molecule has 1 N–H and O–H groups in total. The molecule has 2 aromatic rings. The van der Waals surface area contributed by atoms with Gasteiger partial charge in [-0.2, -0.15) is 5.10 Å². The second kappa shape index (κ2) is 3.31. The maximum Gasteiger partial charge on any atom is 0.182 e. The number of H-pyrrole nitrogens is 1. The van der Waals surface area contributed by atoms with Crippen LogP contribution in [-0.2, 0) is 0 Å². The van der Waals surface area contributed by atoms with Crippen molar-refractivity contribution in [3.05, 3.63) is 29.3 Å². The molecule has 76 valence electrons. The zero-order chi connectivity index (χ0) is 10.3. The van der Waals surface area contributed by atoms with Crippen LogP contribution in [0.5, 0.6) is 0 Å². The van der Waals surface area contributed by atoms with Crippen LogP contribution >= 0.6 is 11.6 Å². The van der Waals surface area contributed by atoms with Crippen LogP contribution in [-0.4, -0.2) is 20.2 Å². The highest BCUT2D eigenvalue weighted by atomic mass is 35.5. The van der Waals surface area contributed by atoms with Gasteiger partial charge < -0.3 is 0 Å². The summed E-state index contributed by atoms with van der Waals surface area (Å²) in [5.41, 5.74) is 0.829. The summed E-state index contributed by atoms with van der Waals surface area (Å²) >= 11 is 6.01. The molecule has 15 heavy (non-hydrogen) atoms. The smallest absolute Gasteiger partial charge is 0.182 e. The Balaban J connectivity index is 2.01. The Kier molecular flexibility index (Phi) is 1.95. The van der Waals surface area contributed by atoms with Crippen molar-refractivity contribution in [2.75, 3.05) is 0 Å². The molecule has 0 spiro atoms. The molecular weight excluding hydrogens is 212 g/mol. The van der Waals surface area contributed by atoms with Gasteiger partial charge in [-0.25, -0.2) is 4.98 Å². The van der Waals surface area contributed by atoms with Crippen molar-refractivity contribution in [2.45, 2.75) is 18.8 Å². The topological polar surface area (TPSA) is 54.5 Å². The lowest BCUT2D eigenvalue weighted by Crippen LogP contribution is -1.84. The molecule has 0 bridgehead atoms. The van der Waals surface area contributed by atoms with E-state index in [1.165, 1.54) is 12.8 Å². The molecule has 2 aromatic heterocycles. The van der Waals surface area contributed by atoms with Gasteiger partial charge in [-0.15, -0.1) is 0 Å². The molecule has 0 unspecified atom stereocenters. The number of hydrogen-bond donors (Lipinski definition) is 1. The molecule has 1 aliphatic rings. The zero-order valence-corrected chi connectivity index (χ0v) is 8.70. The molecule has 1 aliphatic carbocycles. The second-order valence-electron chi connectivity index (χ2n) is 3.67. The number of hydrogen-bond acceptors (Lipinski definition) is 3. The summed E-state index contributed by atoms with van der Waals surface area (Å²) in [5.74, 6) is 2.20. The van der Waals surface area contributed by atoms with Gasteiger partial charge in [-0.3, -0.25) is 10.1 Å². The minimum absolute atomic E-state index is 0.576. The first-order valence-electron chi connectivity index (χ1n) is 4.87. The predicted octanol–water partition coefficient (Wildman–Crippen LogP) is 2.40. The van der Waals surface area contributed by atoms with Crippen LogP contribution < -0.4 is 0 Å². The van der Waals surface area contributed by atoms with Crippen molar-refractivity contribution in [3.63, 3.8) is 0 Å². The molecule has 0 aromatic carbocycles. The van der Waals surface area contributed by atoms with Crippen molar-refractivity contribution in [3.8, 4) is 11.4 Å². The highest BCUT2D eigenvalue weighted by molar-refractivity contribution is 6.33.